The molecule has 2 heterocycles. The minimum Gasteiger partial charge on any atom is -0.325 e. The average molecular weight is 390 g/mol. The molecule has 0 aliphatic carbocycles. The highest BCUT2D eigenvalue weighted by atomic mass is 32.2. The molecule has 1 N–H and O–H groups in total. The quantitative estimate of drug-likeness (QED) is 0.625. The van der Waals surface area contributed by atoms with E-state index in [2.05, 4.69) is 17.2 Å². The SMILES string of the molecule is CCn1c(SCC(=O)Nc2cccc(C)c2C)nc2c(c1=O)S[C@H](C)C2. The molecule has 7 heteroatoms. The topological polar surface area (TPSA) is 64.0 Å². The standard InChI is InChI=1S/C19H23N3O2S2/c1-5-22-18(24)17-15(9-12(3)26-17)21-19(22)25-10-16(23)20-14-8-6-7-11(2)13(14)4/h6-8,12H,5,9-10H2,1-4H3,(H,20,23)/t12-/m1/s1. The highest BCUT2D eigenvalue weighted by Gasteiger charge is 2.26. The number of nitrogens with one attached hydrogen (secondary N) is 1. The first-order valence-electron chi connectivity index (χ1n) is 8.70. The van der Waals surface area contributed by atoms with Crippen molar-refractivity contribution in [1.29, 1.82) is 0 Å². The summed E-state index contributed by atoms with van der Waals surface area (Å²) in [4.78, 5) is 30.5. The molecule has 0 spiro atoms. The fraction of sp³-hybridized carbons (Fsp3) is 0.421. The number of aryl methyl sites for hydroxylation is 1. The highest BCUT2D eigenvalue weighted by Crippen LogP contribution is 2.34. The average Bonchev–Trinajstić information content (AvgIpc) is 2.98. The van der Waals surface area contributed by atoms with Gasteiger partial charge in [-0.15, -0.1) is 11.8 Å². The molecule has 0 radical (unpaired) electrons. The van der Waals surface area contributed by atoms with Crippen LogP contribution in [-0.2, 0) is 17.8 Å². The van der Waals surface area contributed by atoms with Crippen molar-refractivity contribution >= 4 is 35.1 Å². The Morgan fingerprint density at radius 2 is 2.19 bits per heavy atom. The number of nitrogens with zero attached hydrogens (tertiary/aromatic N) is 2. The molecule has 1 amide bonds. The summed E-state index contributed by atoms with van der Waals surface area (Å²) in [5, 5.41) is 3.96. The summed E-state index contributed by atoms with van der Waals surface area (Å²) in [6.07, 6.45) is 0.808. The number of carbonyl (C=O) groups excluding carboxylic acids is 1. The summed E-state index contributed by atoms with van der Waals surface area (Å²) in [7, 11) is 0. The summed E-state index contributed by atoms with van der Waals surface area (Å²) in [6, 6.07) is 5.85. The first kappa shape index (κ1) is 19.0. The lowest BCUT2D eigenvalue weighted by Crippen LogP contribution is -2.25. The maximum absolute atomic E-state index is 12.7. The lowest BCUT2D eigenvalue weighted by Gasteiger charge is -2.13. The fourth-order valence-corrected chi connectivity index (χ4v) is 4.92. The molecule has 3 rings (SSSR count). The van der Waals surface area contributed by atoms with Crippen LogP contribution in [0.4, 0.5) is 5.69 Å². The van der Waals surface area contributed by atoms with Crippen LogP contribution in [0.5, 0.6) is 0 Å². The molecule has 26 heavy (non-hydrogen) atoms. The molecule has 0 saturated carbocycles. The summed E-state index contributed by atoms with van der Waals surface area (Å²) in [5.74, 6) is 0.130. The van der Waals surface area contributed by atoms with E-state index in [9.17, 15) is 9.59 Å². The highest BCUT2D eigenvalue weighted by molar-refractivity contribution is 8.00. The lowest BCUT2D eigenvalue weighted by atomic mass is 10.1. The predicted octanol–water partition coefficient (Wildman–Crippen LogP) is 3.65. The number of fused-ring (bicyclic) bond motifs is 1. The molecule has 0 unspecified atom stereocenters. The molecule has 0 saturated heterocycles. The zero-order valence-corrected chi connectivity index (χ0v) is 17.1. The van der Waals surface area contributed by atoms with Crippen LogP contribution < -0.4 is 10.9 Å². The summed E-state index contributed by atoms with van der Waals surface area (Å²) in [5.41, 5.74) is 3.93. The van der Waals surface area contributed by atoms with Crippen molar-refractivity contribution in [1.82, 2.24) is 9.55 Å². The second kappa shape index (κ2) is 7.88. The third-order valence-corrected chi connectivity index (χ3v) is 6.68. The van der Waals surface area contributed by atoms with Gasteiger partial charge in [0.1, 0.15) is 0 Å². The van der Waals surface area contributed by atoms with Crippen molar-refractivity contribution in [3.63, 3.8) is 0 Å². The monoisotopic (exact) mass is 389 g/mol. The van der Waals surface area contributed by atoms with Gasteiger partial charge in [-0.3, -0.25) is 14.2 Å². The van der Waals surface area contributed by atoms with Gasteiger partial charge < -0.3 is 5.32 Å². The number of aromatic nitrogens is 2. The van der Waals surface area contributed by atoms with Gasteiger partial charge in [-0.1, -0.05) is 30.8 Å². The summed E-state index contributed by atoms with van der Waals surface area (Å²) >= 11 is 2.92. The maximum atomic E-state index is 12.7. The Labute approximate surface area is 162 Å². The van der Waals surface area contributed by atoms with Crippen molar-refractivity contribution in [3.8, 4) is 0 Å². The van der Waals surface area contributed by atoms with Gasteiger partial charge in [0.15, 0.2) is 5.16 Å². The number of benzene rings is 1. The van der Waals surface area contributed by atoms with Gasteiger partial charge in [0.05, 0.1) is 16.3 Å². The Balaban J connectivity index is 1.74. The van der Waals surface area contributed by atoms with Crippen molar-refractivity contribution in [2.75, 3.05) is 11.1 Å². The van der Waals surface area contributed by atoms with Crippen LogP contribution >= 0.6 is 23.5 Å². The van der Waals surface area contributed by atoms with Crippen molar-refractivity contribution in [3.05, 3.63) is 45.4 Å². The molecule has 138 valence electrons. The van der Waals surface area contributed by atoms with E-state index in [0.717, 1.165) is 33.8 Å². The van der Waals surface area contributed by atoms with Crippen LogP contribution in [0, 0.1) is 13.8 Å². The van der Waals surface area contributed by atoms with Crippen LogP contribution in [-0.4, -0.2) is 26.5 Å². The van der Waals surface area contributed by atoms with Gasteiger partial charge in [0, 0.05) is 23.9 Å². The molecule has 1 aromatic heterocycles. The Hall–Kier alpha value is -1.73. The smallest absolute Gasteiger partial charge is 0.268 e. The molecular weight excluding hydrogens is 366 g/mol. The van der Waals surface area contributed by atoms with Gasteiger partial charge in [-0.05, 0) is 38.0 Å². The van der Waals surface area contributed by atoms with E-state index in [-0.39, 0.29) is 17.2 Å². The minimum absolute atomic E-state index is 0.0179. The second-order valence-electron chi connectivity index (χ2n) is 6.44. The zero-order chi connectivity index (χ0) is 18.8. The minimum atomic E-state index is -0.0937. The van der Waals surface area contributed by atoms with E-state index >= 15 is 0 Å². The molecule has 1 atom stereocenters. The molecule has 2 aromatic rings. The number of amides is 1. The molecule has 0 fully saturated rings. The van der Waals surface area contributed by atoms with E-state index < -0.39 is 0 Å². The summed E-state index contributed by atoms with van der Waals surface area (Å²) in [6.45, 7) is 8.60. The van der Waals surface area contributed by atoms with E-state index in [1.165, 1.54) is 11.8 Å². The number of rotatable bonds is 5. The Kier molecular flexibility index (Phi) is 5.77. The van der Waals surface area contributed by atoms with Gasteiger partial charge >= 0.3 is 0 Å². The van der Waals surface area contributed by atoms with Crippen molar-refractivity contribution in [2.24, 2.45) is 0 Å². The molecule has 1 aliphatic heterocycles. The number of hydrogen-bond acceptors (Lipinski definition) is 5. The Morgan fingerprint density at radius 1 is 1.42 bits per heavy atom. The van der Waals surface area contributed by atoms with Gasteiger partial charge in [0.2, 0.25) is 5.91 Å². The van der Waals surface area contributed by atoms with Crippen LogP contribution in [0.25, 0.3) is 0 Å². The van der Waals surface area contributed by atoms with Crippen molar-refractivity contribution < 1.29 is 4.79 Å². The van der Waals surface area contributed by atoms with Gasteiger partial charge in [-0.2, -0.15) is 0 Å². The first-order valence-corrected chi connectivity index (χ1v) is 10.6. The molecule has 0 bridgehead atoms. The van der Waals surface area contributed by atoms with Crippen LogP contribution in [0.15, 0.2) is 33.0 Å². The third kappa shape index (κ3) is 3.83. The largest absolute Gasteiger partial charge is 0.325 e. The molecule has 1 aliphatic rings. The maximum Gasteiger partial charge on any atom is 0.268 e. The van der Waals surface area contributed by atoms with Crippen LogP contribution in [0.1, 0.15) is 30.7 Å². The fourth-order valence-electron chi connectivity index (χ4n) is 2.92. The molecule has 1 aromatic carbocycles. The lowest BCUT2D eigenvalue weighted by molar-refractivity contribution is -0.113. The summed E-state index contributed by atoms with van der Waals surface area (Å²) < 4.78 is 1.67. The first-order chi connectivity index (χ1) is 12.4. The third-order valence-electron chi connectivity index (χ3n) is 4.49. The van der Waals surface area contributed by atoms with E-state index in [1.54, 1.807) is 16.3 Å². The van der Waals surface area contributed by atoms with Crippen LogP contribution in [0.2, 0.25) is 0 Å². The Bertz CT molecular complexity index is 908. The molecule has 5 nitrogen and oxygen atoms in total. The second-order valence-corrected chi connectivity index (χ2v) is 8.83. The van der Waals surface area contributed by atoms with Gasteiger partial charge in [-0.25, -0.2) is 4.98 Å². The Morgan fingerprint density at radius 3 is 2.92 bits per heavy atom. The van der Waals surface area contributed by atoms with Crippen molar-refractivity contribution in [2.45, 2.75) is 56.0 Å². The number of thioether (sulfide) groups is 2. The number of hydrogen-bond donors (Lipinski definition) is 1. The molecular formula is C19H23N3O2S2. The number of anilines is 1. The normalized spacial score (nSPS) is 15.8. The number of carbonyl (C=O) groups is 1. The van der Waals surface area contributed by atoms with E-state index in [4.69, 9.17) is 0 Å². The van der Waals surface area contributed by atoms with Gasteiger partial charge in [0.25, 0.3) is 5.56 Å². The van der Waals surface area contributed by atoms with E-state index in [0.29, 0.717) is 17.0 Å². The zero-order valence-electron chi connectivity index (χ0n) is 15.5. The van der Waals surface area contributed by atoms with Crippen LogP contribution in [0.3, 0.4) is 0 Å². The predicted molar refractivity (Wildman–Crippen MR) is 108 cm³/mol. The van der Waals surface area contributed by atoms with E-state index in [1.807, 2.05) is 39.0 Å².